The first-order valence-corrected chi connectivity index (χ1v) is 26.4. The monoisotopic (exact) mass is 1160 g/mol. The molecule has 2 fully saturated rings. The number of halogens is 6. The fourth-order valence-corrected chi connectivity index (χ4v) is 9.48. The lowest BCUT2D eigenvalue weighted by molar-refractivity contribution is -0.147. The van der Waals surface area contributed by atoms with Crippen molar-refractivity contribution >= 4 is 28.0 Å². The Bertz CT molecular complexity index is 3980. The van der Waals surface area contributed by atoms with Crippen LogP contribution in [0.5, 0.6) is 11.8 Å². The van der Waals surface area contributed by atoms with Gasteiger partial charge in [-0.3, -0.25) is 0 Å². The van der Waals surface area contributed by atoms with E-state index in [1.165, 1.54) is 28.7 Å². The fourth-order valence-electron chi connectivity index (χ4n) is 9.48. The Morgan fingerprint density at radius 1 is 0.619 bits per heavy atom. The molecule has 2 aliphatic carbocycles. The number of aliphatic hydroxyl groups is 1. The number of aromatic nitrogens is 16. The lowest BCUT2D eigenvalue weighted by Gasteiger charge is -2.15. The number of imidazole rings is 2. The van der Waals surface area contributed by atoms with Gasteiger partial charge in [-0.05, 0) is 57.6 Å². The molecule has 0 radical (unpaired) electrons. The van der Waals surface area contributed by atoms with Gasteiger partial charge < -0.3 is 28.5 Å². The molecule has 1 N–H and O–H groups in total. The normalized spacial score (nSPS) is 14.2. The number of aliphatic hydroxyl groups excluding tert-OH is 1. The van der Waals surface area contributed by atoms with Crippen LogP contribution in [0.25, 0.3) is 67.6 Å². The van der Waals surface area contributed by atoms with Crippen molar-refractivity contribution in [2.24, 2.45) is 0 Å². The average Bonchev–Trinajstić information content (AvgIpc) is 3.25. The summed E-state index contributed by atoms with van der Waals surface area (Å²) in [5, 5.41) is 20.0. The number of esters is 1. The lowest BCUT2D eigenvalue weighted by Crippen LogP contribution is -2.19. The SMILES string of the molecule is C.CCOC(=O)C(C)n1cc(C(F)(F)F)nc1-c1ccc(Cn2ncc3cnc(-c4c(OC)ncnc4C4CC4)nc32)cc1.COc1ncnc(C2CC2)c1-c1ncc2cnn(Cc3ccc(-c4nc(C(F)(F)F)cn4C(C)CO)cc3)c2n1. The van der Waals surface area contributed by atoms with Crippen LogP contribution in [-0.2, 0) is 35.0 Å². The Hall–Kier alpha value is -9.27. The molecule has 2 atom stereocenters. The third kappa shape index (κ3) is 11.8. The van der Waals surface area contributed by atoms with Gasteiger partial charge >= 0.3 is 18.3 Å². The summed E-state index contributed by atoms with van der Waals surface area (Å²) in [4.78, 5) is 56.1. The summed E-state index contributed by atoms with van der Waals surface area (Å²) in [7, 11) is 3.10. The van der Waals surface area contributed by atoms with Crippen LogP contribution >= 0.6 is 0 Å². The van der Waals surface area contributed by atoms with Crippen LogP contribution in [0.4, 0.5) is 26.3 Å². The van der Waals surface area contributed by atoms with Gasteiger partial charge in [-0.1, -0.05) is 56.0 Å². The second-order valence-corrected chi connectivity index (χ2v) is 19.9. The zero-order valence-corrected chi connectivity index (χ0v) is 45.2. The lowest BCUT2D eigenvalue weighted by atomic mass is 10.1. The minimum absolute atomic E-state index is 0. The first-order chi connectivity index (χ1) is 39.9. The molecule has 0 saturated heterocycles. The highest BCUT2D eigenvalue weighted by atomic mass is 19.4. The number of ether oxygens (including phenoxy) is 3. The Labute approximate surface area is 475 Å². The van der Waals surface area contributed by atoms with Gasteiger partial charge in [0.25, 0.3) is 0 Å². The third-order valence-corrected chi connectivity index (χ3v) is 14.1. The minimum Gasteiger partial charge on any atom is -0.480 e. The minimum atomic E-state index is -4.68. The highest BCUT2D eigenvalue weighted by Gasteiger charge is 2.38. The summed E-state index contributed by atoms with van der Waals surface area (Å²) in [6.45, 7) is 5.22. The van der Waals surface area contributed by atoms with Gasteiger partial charge in [0.05, 0.1) is 81.1 Å². The molecule has 436 valence electrons. The summed E-state index contributed by atoms with van der Waals surface area (Å²) in [5.74, 6) is 1.85. The van der Waals surface area contributed by atoms with E-state index in [-0.39, 0.29) is 32.3 Å². The van der Waals surface area contributed by atoms with Gasteiger partial charge in [0, 0.05) is 47.8 Å². The molecule has 0 aliphatic heterocycles. The number of nitrogens with zero attached hydrogens (tertiary/aromatic N) is 16. The first kappa shape index (κ1) is 57.9. The number of carbonyl (C=O) groups excluding carboxylic acids is 1. The van der Waals surface area contributed by atoms with Crippen LogP contribution in [0.2, 0.25) is 0 Å². The molecule has 8 aromatic heterocycles. The van der Waals surface area contributed by atoms with Gasteiger partial charge in [-0.2, -0.15) is 36.5 Å². The first-order valence-electron chi connectivity index (χ1n) is 26.4. The molecule has 12 rings (SSSR count). The van der Waals surface area contributed by atoms with Crippen molar-refractivity contribution in [3.63, 3.8) is 0 Å². The van der Waals surface area contributed by atoms with E-state index >= 15 is 0 Å². The number of methoxy groups -OCH3 is 2. The number of rotatable bonds is 17. The van der Waals surface area contributed by atoms with Crippen molar-refractivity contribution in [2.75, 3.05) is 27.4 Å². The fraction of sp³-hybridized carbons (Fsp3) is 0.351. The Morgan fingerprint density at radius 2 is 1.05 bits per heavy atom. The molecule has 0 amide bonds. The number of fused-ring (bicyclic) bond motifs is 2. The van der Waals surface area contributed by atoms with Crippen LogP contribution < -0.4 is 9.47 Å². The highest BCUT2D eigenvalue weighted by Crippen LogP contribution is 2.46. The van der Waals surface area contributed by atoms with Gasteiger partial charge in [0.15, 0.2) is 34.3 Å². The van der Waals surface area contributed by atoms with Crippen molar-refractivity contribution in [1.82, 2.24) is 78.5 Å². The maximum Gasteiger partial charge on any atom is 0.434 e. The molecule has 10 aromatic rings. The van der Waals surface area contributed by atoms with Crippen LogP contribution in [0.1, 0.15) is 112 Å². The Morgan fingerprint density at radius 3 is 1.44 bits per heavy atom. The molecule has 27 heteroatoms. The molecule has 2 aromatic carbocycles. The standard InChI is InChI=1S/C29H27F3N8O3.C27H25F3N8O2.CH4/c1-4-43-28(41)16(2)39-14-21(29(30,31)32)37-25(39)19-7-5-17(6-8-19)13-40-26-20(12-36-40)11-33-24(38-26)22-23(18-9-10-18)34-15-35-27(22)42-3;1-15(13-39)37-12-20(27(28,29)30)35-24(37)18-5-3-16(4-6-18)11-38-25-19(10-34-38)9-31-23(36-25)21-22(17-7-8-17)32-14-33-26(21)40-2;/h5-8,11-12,14-16,18H,4,9-10,13H2,1-3H3;3-6,9-10,12,14-15,17,39H,7-8,11,13H2,1-2H3;1H4. The molecule has 0 spiro atoms. The van der Waals surface area contributed by atoms with E-state index in [4.69, 9.17) is 24.2 Å². The second-order valence-electron chi connectivity index (χ2n) is 19.9. The zero-order chi connectivity index (χ0) is 58.3. The Kier molecular flexibility index (Phi) is 16.2. The van der Waals surface area contributed by atoms with E-state index in [1.807, 2.05) is 0 Å². The molecule has 2 aliphatic rings. The Balaban J connectivity index is 0.000000185. The summed E-state index contributed by atoms with van der Waals surface area (Å²) in [6, 6.07) is 12.3. The van der Waals surface area contributed by atoms with Crippen molar-refractivity contribution in [3.8, 4) is 57.3 Å². The third-order valence-electron chi connectivity index (χ3n) is 14.1. The topological polar surface area (TPSA) is 239 Å². The number of hydrogen-bond acceptors (Lipinski definition) is 17. The van der Waals surface area contributed by atoms with E-state index in [9.17, 15) is 36.2 Å². The number of hydrogen-bond donors (Lipinski definition) is 1. The number of alkyl halides is 6. The number of carbonyl (C=O) groups is 1. The smallest absolute Gasteiger partial charge is 0.434 e. The molecule has 21 nitrogen and oxygen atoms in total. The number of benzene rings is 2. The highest BCUT2D eigenvalue weighted by molar-refractivity contribution is 5.79. The van der Waals surface area contributed by atoms with Gasteiger partial charge in [-0.15, -0.1) is 0 Å². The molecule has 8 heterocycles. The van der Waals surface area contributed by atoms with Gasteiger partial charge in [-0.25, -0.2) is 64.0 Å². The van der Waals surface area contributed by atoms with Gasteiger partial charge in [0.1, 0.15) is 41.5 Å². The van der Waals surface area contributed by atoms with Crippen LogP contribution in [-0.4, -0.2) is 117 Å². The maximum atomic E-state index is 13.5. The van der Waals surface area contributed by atoms with Crippen molar-refractivity contribution in [3.05, 3.63) is 132 Å². The molecule has 0 bridgehead atoms. The molecular formula is C57H56F6N16O5. The van der Waals surface area contributed by atoms with Crippen molar-refractivity contribution in [2.45, 2.75) is 103 Å². The molecule has 2 unspecified atom stereocenters. The maximum absolute atomic E-state index is 13.5. The predicted octanol–water partition coefficient (Wildman–Crippen LogP) is 10.5. The van der Waals surface area contributed by atoms with Crippen LogP contribution in [0.3, 0.4) is 0 Å². The molecule has 2 saturated carbocycles. The summed E-state index contributed by atoms with van der Waals surface area (Å²) >= 11 is 0. The molecular weight excluding hydrogens is 1100 g/mol. The van der Waals surface area contributed by atoms with E-state index in [1.54, 1.807) is 111 Å². The summed E-state index contributed by atoms with van der Waals surface area (Å²) in [5.41, 5.74) is 4.77. The van der Waals surface area contributed by atoms with Crippen molar-refractivity contribution in [1.29, 1.82) is 0 Å². The quantitative estimate of drug-likeness (QED) is 0.0658. The predicted molar refractivity (Wildman–Crippen MR) is 293 cm³/mol. The van der Waals surface area contributed by atoms with Crippen LogP contribution in [0.15, 0.2) is 98.4 Å². The zero-order valence-electron chi connectivity index (χ0n) is 45.2. The largest absolute Gasteiger partial charge is 0.480 e. The van der Waals surface area contributed by atoms with Crippen molar-refractivity contribution < 1.29 is 50.5 Å². The molecule has 84 heavy (non-hydrogen) atoms. The summed E-state index contributed by atoms with van der Waals surface area (Å²) < 4.78 is 103. The summed E-state index contributed by atoms with van der Waals surface area (Å²) in [6.07, 6.45) is 6.35. The van der Waals surface area contributed by atoms with E-state index in [2.05, 4.69) is 50.1 Å². The van der Waals surface area contributed by atoms with E-state index < -0.39 is 41.8 Å². The van der Waals surface area contributed by atoms with Gasteiger partial charge in [0.2, 0.25) is 11.8 Å². The second kappa shape index (κ2) is 23.5. The van der Waals surface area contributed by atoms with E-state index in [0.29, 0.717) is 81.9 Å². The average molecular weight is 1160 g/mol. The van der Waals surface area contributed by atoms with E-state index in [0.717, 1.165) is 71.4 Å². The van der Waals surface area contributed by atoms with Crippen LogP contribution in [0, 0.1) is 0 Å².